The summed E-state index contributed by atoms with van der Waals surface area (Å²) in [7, 11) is 0. The van der Waals surface area contributed by atoms with E-state index in [0.29, 0.717) is 36.9 Å². The number of carbonyl (C=O) groups excluding carboxylic acids is 1. The first-order valence-electron chi connectivity index (χ1n) is 10.3. The number of para-hydroxylation sites is 2. The minimum atomic E-state index is -0.338. The average Bonchev–Trinajstić information content (AvgIpc) is 2.82. The van der Waals surface area contributed by atoms with Crippen molar-refractivity contribution >= 4 is 23.2 Å². The molecule has 1 aromatic heterocycles. The van der Waals surface area contributed by atoms with E-state index in [1.807, 2.05) is 61.5 Å². The molecule has 2 amide bonds. The minimum absolute atomic E-state index is 0.338. The third kappa shape index (κ3) is 5.29. The van der Waals surface area contributed by atoms with Gasteiger partial charge in [0, 0.05) is 24.3 Å². The van der Waals surface area contributed by atoms with Gasteiger partial charge in [0.15, 0.2) is 5.82 Å². The van der Waals surface area contributed by atoms with Crippen molar-refractivity contribution < 1.29 is 14.3 Å². The Morgan fingerprint density at radius 1 is 1.00 bits per heavy atom. The molecule has 1 aliphatic heterocycles. The molecule has 1 saturated heterocycles. The molecule has 0 spiro atoms. The molecule has 0 unspecified atom stereocenters. The molecular weight excluding hydrogens is 394 g/mol. The zero-order valence-corrected chi connectivity index (χ0v) is 17.4. The maximum Gasteiger partial charge on any atom is 0.323 e. The van der Waals surface area contributed by atoms with Crippen molar-refractivity contribution in [1.29, 1.82) is 0 Å². The first-order valence-corrected chi connectivity index (χ1v) is 10.3. The number of urea groups is 1. The van der Waals surface area contributed by atoms with E-state index in [4.69, 9.17) is 9.47 Å². The van der Waals surface area contributed by atoms with Gasteiger partial charge >= 0.3 is 6.03 Å². The topological polar surface area (TPSA) is 88.6 Å². The largest absolute Gasteiger partial charge is 0.492 e. The number of aromatic nitrogens is 2. The Labute approximate surface area is 181 Å². The van der Waals surface area contributed by atoms with E-state index in [0.717, 1.165) is 30.2 Å². The van der Waals surface area contributed by atoms with Crippen LogP contribution in [0.1, 0.15) is 6.92 Å². The van der Waals surface area contributed by atoms with Gasteiger partial charge in [-0.2, -0.15) is 0 Å². The van der Waals surface area contributed by atoms with E-state index >= 15 is 0 Å². The van der Waals surface area contributed by atoms with E-state index < -0.39 is 0 Å². The summed E-state index contributed by atoms with van der Waals surface area (Å²) in [4.78, 5) is 14.5. The molecule has 2 N–H and O–H groups in total. The maximum atomic E-state index is 12.4. The second-order valence-corrected chi connectivity index (χ2v) is 6.96. The number of ether oxygens (including phenoxy) is 2. The Morgan fingerprint density at radius 3 is 2.48 bits per heavy atom. The third-order valence-corrected chi connectivity index (χ3v) is 4.86. The fraction of sp³-hybridized carbons (Fsp3) is 0.261. The number of carbonyl (C=O) groups is 1. The molecule has 8 heteroatoms. The van der Waals surface area contributed by atoms with Gasteiger partial charge in [0.05, 0.1) is 31.2 Å². The highest BCUT2D eigenvalue weighted by Gasteiger charge is 2.13. The van der Waals surface area contributed by atoms with E-state index in [1.54, 1.807) is 6.07 Å². The predicted octanol–water partition coefficient (Wildman–Crippen LogP) is 4.02. The van der Waals surface area contributed by atoms with Gasteiger partial charge in [0.25, 0.3) is 0 Å². The summed E-state index contributed by atoms with van der Waals surface area (Å²) in [5.74, 6) is 1.49. The number of morpholine rings is 1. The van der Waals surface area contributed by atoms with Crippen molar-refractivity contribution in [2.24, 2.45) is 0 Å². The molecule has 160 valence electrons. The molecule has 0 saturated carbocycles. The molecule has 8 nitrogen and oxygen atoms in total. The fourth-order valence-electron chi connectivity index (χ4n) is 3.30. The number of benzene rings is 2. The van der Waals surface area contributed by atoms with Crippen LogP contribution < -0.4 is 20.3 Å². The van der Waals surface area contributed by atoms with Gasteiger partial charge in [0.2, 0.25) is 0 Å². The first-order chi connectivity index (χ1) is 15.2. The molecule has 0 atom stereocenters. The molecule has 0 bridgehead atoms. The molecule has 0 radical (unpaired) electrons. The number of hydrogen-bond acceptors (Lipinski definition) is 6. The molecule has 1 fully saturated rings. The lowest BCUT2D eigenvalue weighted by Gasteiger charge is -2.27. The summed E-state index contributed by atoms with van der Waals surface area (Å²) in [6, 6.07) is 18.4. The average molecular weight is 419 g/mol. The van der Waals surface area contributed by atoms with Gasteiger partial charge in [-0.15, -0.1) is 10.2 Å². The van der Waals surface area contributed by atoms with Gasteiger partial charge in [-0.1, -0.05) is 24.3 Å². The Bertz CT molecular complexity index is 1000. The summed E-state index contributed by atoms with van der Waals surface area (Å²) < 4.78 is 10.9. The summed E-state index contributed by atoms with van der Waals surface area (Å²) in [5.41, 5.74) is 2.99. The van der Waals surface area contributed by atoms with Gasteiger partial charge in [-0.25, -0.2) is 4.79 Å². The van der Waals surface area contributed by atoms with Crippen LogP contribution >= 0.6 is 0 Å². The normalized spacial score (nSPS) is 13.5. The second-order valence-electron chi connectivity index (χ2n) is 6.96. The Kier molecular flexibility index (Phi) is 6.59. The van der Waals surface area contributed by atoms with E-state index in [-0.39, 0.29) is 6.03 Å². The third-order valence-electron chi connectivity index (χ3n) is 4.86. The van der Waals surface area contributed by atoms with Gasteiger partial charge in [0.1, 0.15) is 5.75 Å². The molecule has 31 heavy (non-hydrogen) atoms. The van der Waals surface area contributed by atoms with Crippen LogP contribution in [-0.4, -0.2) is 49.1 Å². The van der Waals surface area contributed by atoms with Gasteiger partial charge < -0.3 is 25.0 Å². The van der Waals surface area contributed by atoms with Crippen molar-refractivity contribution in [3.63, 3.8) is 0 Å². The molecule has 2 heterocycles. The van der Waals surface area contributed by atoms with Crippen LogP contribution in [0.2, 0.25) is 0 Å². The van der Waals surface area contributed by atoms with Crippen molar-refractivity contribution in [1.82, 2.24) is 10.2 Å². The van der Waals surface area contributed by atoms with Gasteiger partial charge in [-0.3, -0.25) is 0 Å². The smallest absolute Gasteiger partial charge is 0.323 e. The quantitative estimate of drug-likeness (QED) is 0.627. The lowest BCUT2D eigenvalue weighted by Crippen LogP contribution is -2.36. The number of anilines is 3. The lowest BCUT2D eigenvalue weighted by molar-refractivity contribution is 0.122. The zero-order chi connectivity index (χ0) is 21.5. The highest BCUT2D eigenvalue weighted by molar-refractivity contribution is 6.00. The summed E-state index contributed by atoms with van der Waals surface area (Å²) >= 11 is 0. The lowest BCUT2D eigenvalue weighted by atomic mass is 10.1. The first kappa shape index (κ1) is 20.6. The van der Waals surface area contributed by atoms with Gasteiger partial charge in [-0.05, 0) is 43.3 Å². The number of nitrogens with zero attached hydrogens (tertiary/aromatic N) is 3. The number of rotatable bonds is 6. The van der Waals surface area contributed by atoms with E-state index in [9.17, 15) is 4.79 Å². The fourth-order valence-corrected chi connectivity index (χ4v) is 3.30. The summed E-state index contributed by atoms with van der Waals surface area (Å²) in [6.07, 6.45) is 0. The molecule has 4 rings (SSSR count). The standard InChI is InChI=1S/C23H25N5O3/c1-2-31-21-6-4-3-5-20(21)25-23(29)24-18-9-7-17(8-10-18)19-11-12-22(27-26-19)28-13-15-30-16-14-28/h3-12H,2,13-16H2,1H3,(H2,24,25,29). The zero-order valence-electron chi connectivity index (χ0n) is 17.4. The Morgan fingerprint density at radius 2 is 1.77 bits per heavy atom. The van der Waals surface area contributed by atoms with Crippen LogP contribution in [0, 0.1) is 0 Å². The van der Waals surface area contributed by atoms with Crippen LogP contribution in [0.15, 0.2) is 60.7 Å². The molecule has 0 aliphatic carbocycles. The molecular formula is C23H25N5O3. The van der Waals surface area contributed by atoms with Crippen LogP contribution in [-0.2, 0) is 4.74 Å². The van der Waals surface area contributed by atoms with Crippen molar-refractivity contribution in [3.8, 4) is 17.0 Å². The highest BCUT2D eigenvalue weighted by atomic mass is 16.5. The molecule has 1 aliphatic rings. The van der Waals surface area contributed by atoms with Crippen molar-refractivity contribution in [2.45, 2.75) is 6.92 Å². The maximum absolute atomic E-state index is 12.4. The van der Waals surface area contributed by atoms with E-state index in [1.165, 1.54) is 0 Å². The molecule has 3 aromatic rings. The summed E-state index contributed by atoms with van der Waals surface area (Å²) in [5, 5.41) is 14.3. The SMILES string of the molecule is CCOc1ccccc1NC(=O)Nc1ccc(-c2ccc(N3CCOCC3)nn2)cc1. The number of amides is 2. The second kappa shape index (κ2) is 9.90. The van der Waals surface area contributed by atoms with Crippen LogP contribution in [0.4, 0.5) is 22.0 Å². The van der Waals surface area contributed by atoms with Crippen LogP contribution in [0.3, 0.4) is 0 Å². The Balaban J connectivity index is 1.37. The van der Waals surface area contributed by atoms with Crippen LogP contribution in [0.5, 0.6) is 5.75 Å². The van der Waals surface area contributed by atoms with Crippen LogP contribution in [0.25, 0.3) is 11.3 Å². The Hall–Kier alpha value is -3.65. The predicted molar refractivity (Wildman–Crippen MR) is 121 cm³/mol. The molecule has 2 aromatic carbocycles. The monoisotopic (exact) mass is 419 g/mol. The minimum Gasteiger partial charge on any atom is -0.492 e. The summed E-state index contributed by atoms with van der Waals surface area (Å²) in [6.45, 7) is 5.50. The number of nitrogens with one attached hydrogen (secondary N) is 2. The van der Waals surface area contributed by atoms with E-state index in [2.05, 4.69) is 25.7 Å². The van der Waals surface area contributed by atoms with Crippen molar-refractivity contribution in [2.75, 3.05) is 48.4 Å². The number of hydrogen-bond donors (Lipinski definition) is 2. The van der Waals surface area contributed by atoms with Crippen molar-refractivity contribution in [3.05, 3.63) is 60.7 Å². The highest BCUT2D eigenvalue weighted by Crippen LogP contribution is 2.24.